The SMILES string of the molecule is CC1C(C)(C)CC(NC[C@@H](Cc2ccc(-c3ccccc3)cc2)C2CCC2C(O)C/C=C/c2ccccc2)CC1(C)C. The fraction of sp³-hybridized carbons (Fsp3) is 0.500. The van der Waals surface area contributed by atoms with Gasteiger partial charge in [0.25, 0.3) is 0 Å². The highest BCUT2D eigenvalue weighted by Gasteiger charge is 2.45. The number of aliphatic hydroxyl groups excluding tert-OH is 1. The molecule has 0 radical (unpaired) electrons. The van der Waals surface area contributed by atoms with Crippen LogP contribution in [-0.4, -0.2) is 23.8 Å². The van der Waals surface area contributed by atoms with E-state index in [1.54, 1.807) is 0 Å². The summed E-state index contributed by atoms with van der Waals surface area (Å²) in [5.41, 5.74) is 5.82. The molecule has 42 heavy (non-hydrogen) atoms. The Labute approximate surface area is 255 Å². The second kappa shape index (κ2) is 13.3. The van der Waals surface area contributed by atoms with E-state index in [4.69, 9.17) is 0 Å². The molecule has 2 aliphatic carbocycles. The van der Waals surface area contributed by atoms with Crippen LogP contribution >= 0.6 is 0 Å². The van der Waals surface area contributed by atoms with Crippen molar-refractivity contribution >= 4 is 6.08 Å². The third-order valence-electron chi connectivity index (χ3n) is 11.1. The van der Waals surface area contributed by atoms with Crippen molar-refractivity contribution in [3.8, 4) is 11.1 Å². The van der Waals surface area contributed by atoms with E-state index in [0.29, 0.717) is 40.5 Å². The average Bonchev–Trinajstić information content (AvgIpc) is 2.95. The van der Waals surface area contributed by atoms with E-state index in [9.17, 15) is 5.11 Å². The van der Waals surface area contributed by atoms with Gasteiger partial charge in [-0.3, -0.25) is 0 Å². The molecule has 0 amide bonds. The van der Waals surface area contributed by atoms with E-state index in [1.165, 1.54) is 41.5 Å². The van der Waals surface area contributed by atoms with Crippen LogP contribution in [0.5, 0.6) is 0 Å². The van der Waals surface area contributed by atoms with Crippen molar-refractivity contribution < 1.29 is 5.11 Å². The summed E-state index contributed by atoms with van der Waals surface area (Å²) >= 11 is 0. The maximum atomic E-state index is 11.3. The number of hydrogen-bond donors (Lipinski definition) is 2. The molecule has 2 saturated carbocycles. The maximum absolute atomic E-state index is 11.3. The zero-order valence-electron chi connectivity index (χ0n) is 26.6. The van der Waals surface area contributed by atoms with Crippen molar-refractivity contribution in [3.63, 3.8) is 0 Å². The van der Waals surface area contributed by atoms with Gasteiger partial charge in [0, 0.05) is 6.04 Å². The van der Waals surface area contributed by atoms with Gasteiger partial charge in [0.2, 0.25) is 0 Å². The zero-order valence-corrected chi connectivity index (χ0v) is 26.6. The molecule has 2 fully saturated rings. The maximum Gasteiger partial charge on any atom is 0.0605 e. The van der Waals surface area contributed by atoms with Gasteiger partial charge in [-0.15, -0.1) is 0 Å². The molecule has 3 unspecified atom stereocenters. The average molecular weight is 564 g/mol. The second-order valence-corrected chi connectivity index (χ2v) is 14.8. The van der Waals surface area contributed by atoms with Crippen LogP contribution in [0, 0.1) is 34.5 Å². The van der Waals surface area contributed by atoms with Crippen molar-refractivity contribution in [2.24, 2.45) is 34.5 Å². The van der Waals surface area contributed by atoms with E-state index >= 15 is 0 Å². The van der Waals surface area contributed by atoms with Gasteiger partial charge in [-0.2, -0.15) is 0 Å². The van der Waals surface area contributed by atoms with Crippen LogP contribution < -0.4 is 5.32 Å². The molecule has 2 N–H and O–H groups in total. The lowest BCUT2D eigenvalue weighted by atomic mass is 9.56. The first kappa shape index (κ1) is 30.8. The second-order valence-electron chi connectivity index (χ2n) is 14.8. The Morgan fingerprint density at radius 3 is 1.95 bits per heavy atom. The molecule has 0 aliphatic heterocycles. The van der Waals surface area contributed by atoms with Crippen LogP contribution in [0.2, 0.25) is 0 Å². The molecule has 5 rings (SSSR count). The smallest absolute Gasteiger partial charge is 0.0605 e. The van der Waals surface area contributed by atoms with Gasteiger partial charge in [-0.05, 0) is 102 Å². The monoisotopic (exact) mass is 563 g/mol. The minimum Gasteiger partial charge on any atom is -0.393 e. The summed E-state index contributed by atoms with van der Waals surface area (Å²) in [5.74, 6) is 2.15. The van der Waals surface area contributed by atoms with Gasteiger partial charge in [0.05, 0.1) is 6.10 Å². The number of rotatable bonds is 11. The van der Waals surface area contributed by atoms with Gasteiger partial charge in [0.15, 0.2) is 0 Å². The Bertz CT molecular complexity index is 1260. The van der Waals surface area contributed by atoms with Gasteiger partial charge in [-0.1, -0.05) is 132 Å². The summed E-state index contributed by atoms with van der Waals surface area (Å²) in [6.07, 6.45) is 10.6. The first-order valence-corrected chi connectivity index (χ1v) is 16.4. The summed E-state index contributed by atoms with van der Waals surface area (Å²) in [4.78, 5) is 0. The first-order chi connectivity index (χ1) is 20.1. The molecule has 2 heteroatoms. The molecule has 3 aromatic rings. The molecule has 0 heterocycles. The lowest BCUT2D eigenvalue weighted by Crippen LogP contribution is -2.51. The van der Waals surface area contributed by atoms with E-state index in [2.05, 4.69) is 131 Å². The van der Waals surface area contributed by atoms with Crippen molar-refractivity contribution in [3.05, 3.63) is 102 Å². The lowest BCUT2D eigenvalue weighted by molar-refractivity contribution is -0.0187. The third kappa shape index (κ3) is 7.44. The zero-order chi connectivity index (χ0) is 29.7. The summed E-state index contributed by atoms with van der Waals surface area (Å²) in [7, 11) is 0. The van der Waals surface area contributed by atoms with Crippen molar-refractivity contribution in [2.45, 2.75) is 85.3 Å². The topological polar surface area (TPSA) is 32.3 Å². The summed E-state index contributed by atoms with van der Waals surface area (Å²) in [5, 5.41) is 15.4. The van der Waals surface area contributed by atoms with Crippen LogP contribution in [0.1, 0.15) is 77.8 Å². The molecule has 2 nitrogen and oxygen atoms in total. The van der Waals surface area contributed by atoms with Crippen molar-refractivity contribution in [1.29, 1.82) is 0 Å². The van der Waals surface area contributed by atoms with E-state index < -0.39 is 0 Å². The minimum atomic E-state index is -0.278. The van der Waals surface area contributed by atoms with Gasteiger partial charge >= 0.3 is 0 Å². The Morgan fingerprint density at radius 1 is 0.786 bits per heavy atom. The van der Waals surface area contributed by atoms with Crippen molar-refractivity contribution in [2.75, 3.05) is 6.54 Å². The number of aliphatic hydroxyl groups is 1. The predicted octanol–water partition coefficient (Wildman–Crippen LogP) is 9.44. The Hall–Kier alpha value is -2.68. The quantitative estimate of drug-likeness (QED) is 0.243. The molecule has 4 atom stereocenters. The number of nitrogens with one attached hydrogen (secondary N) is 1. The van der Waals surface area contributed by atoms with Gasteiger partial charge in [-0.25, -0.2) is 0 Å². The summed E-state index contributed by atoms with van der Waals surface area (Å²) in [6, 6.07) is 30.8. The Morgan fingerprint density at radius 2 is 1.36 bits per heavy atom. The fourth-order valence-electron chi connectivity index (χ4n) is 8.05. The molecular formula is C40H53NO. The van der Waals surface area contributed by atoms with Crippen molar-refractivity contribution in [1.82, 2.24) is 5.32 Å². The predicted molar refractivity (Wildman–Crippen MR) is 179 cm³/mol. The highest BCUT2D eigenvalue weighted by molar-refractivity contribution is 5.63. The van der Waals surface area contributed by atoms with Crippen LogP contribution in [0.15, 0.2) is 91.0 Å². The normalized spacial score (nSPS) is 26.4. The molecule has 0 spiro atoms. The highest BCUT2D eigenvalue weighted by atomic mass is 16.3. The molecule has 0 aromatic heterocycles. The molecule has 0 saturated heterocycles. The standard InChI is InChI=1S/C40H53NO/c1-29-39(2,3)26-35(27-40(29,4)5)41-28-34(25-31-19-21-33(22-20-31)32-16-10-7-11-17-32)36-23-24-37(36)38(42)18-12-15-30-13-8-6-9-14-30/h6-17,19-22,29,34-38,41-42H,18,23-28H2,1-5H3/b15-12+/t29?,34-,35?,36?,37?,38?/m1/s1. The molecule has 0 bridgehead atoms. The molecular weight excluding hydrogens is 510 g/mol. The fourth-order valence-corrected chi connectivity index (χ4v) is 8.05. The van der Waals surface area contributed by atoms with Crippen LogP contribution in [0.4, 0.5) is 0 Å². The highest BCUT2D eigenvalue weighted by Crippen LogP contribution is 2.51. The van der Waals surface area contributed by atoms with Crippen LogP contribution in [0.25, 0.3) is 17.2 Å². The first-order valence-electron chi connectivity index (χ1n) is 16.4. The largest absolute Gasteiger partial charge is 0.393 e. The van der Waals surface area contributed by atoms with Crippen LogP contribution in [0.3, 0.4) is 0 Å². The van der Waals surface area contributed by atoms with Crippen LogP contribution in [-0.2, 0) is 6.42 Å². The third-order valence-corrected chi connectivity index (χ3v) is 11.1. The summed E-state index contributed by atoms with van der Waals surface area (Å²) in [6.45, 7) is 13.3. The molecule has 224 valence electrons. The van der Waals surface area contributed by atoms with E-state index in [0.717, 1.165) is 25.8 Å². The Balaban J connectivity index is 1.28. The number of benzene rings is 3. The summed E-state index contributed by atoms with van der Waals surface area (Å²) < 4.78 is 0. The van der Waals surface area contributed by atoms with Gasteiger partial charge < -0.3 is 10.4 Å². The van der Waals surface area contributed by atoms with Gasteiger partial charge in [0.1, 0.15) is 0 Å². The Kier molecular flexibility index (Phi) is 9.75. The van der Waals surface area contributed by atoms with E-state index in [-0.39, 0.29) is 6.10 Å². The minimum absolute atomic E-state index is 0.278. The molecule has 2 aliphatic rings. The molecule has 3 aromatic carbocycles. The van der Waals surface area contributed by atoms with E-state index in [1.807, 2.05) is 6.07 Å². The lowest BCUT2D eigenvalue weighted by Gasteiger charge is -2.51. The number of hydrogen-bond acceptors (Lipinski definition) is 2.